The summed E-state index contributed by atoms with van der Waals surface area (Å²) in [6, 6.07) is 11.7. The number of amidine groups is 1. The SMILES string of the molecule is COc1ccc([C@H]2c3cnn(C(C)(C)C)c3N=C3NC(=O)N(c4ccc(Cl)cc4)[C@@H]32)cc1O. The second-order valence-corrected chi connectivity index (χ2v) is 9.57. The molecule has 33 heavy (non-hydrogen) atoms. The Morgan fingerprint density at radius 3 is 2.52 bits per heavy atom. The summed E-state index contributed by atoms with van der Waals surface area (Å²) in [5.41, 5.74) is 2.08. The Balaban J connectivity index is 1.72. The number of aliphatic imine (C=N–C) groups is 1. The molecule has 8 nitrogen and oxygen atoms in total. The molecule has 2 aromatic carbocycles. The lowest BCUT2D eigenvalue weighted by molar-refractivity contribution is 0.252. The second kappa shape index (κ2) is 7.52. The van der Waals surface area contributed by atoms with E-state index in [0.29, 0.717) is 28.1 Å². The minimum Gasteiger partial charge on any atom is -0.504 e. The molecule has 1 aromatic heterocycles. The molecule has 0 aliphatic carbocycles. The van der Waals surface area contributed by atoms with Crippen molar-refractivity contribution in [2.45, 2.75) is 38.3 Å². The Morgan fingerprint density at radius 2 is 1.88 bits per heavy atom. The van der Waals surface area contributed by atoms with Gasteiger partial charge in [-0.05, 0) is 62.7 Å². The third kappa shape index (κ3) is 3.41. The predicted octanol–water partition coefficient (Wildman–Crippen LogP) is 4.78. The number of halogens is 1. The lowest BCUT2D eigenvalue weighted by Crippen LogP contribution is -2.42. The van der Waals surface area contributed by atoms with Crippen LogP contribution in [0.2, 0.25) is 5.02 Å². The quantitative estimate of drug-likeness (QED) is 0.582. The number of carbonyl (C=O) groups excluding carboxylic acids is 1. The van der Waals surface area contributed by atoms with Gasteiger partial charge in [-0.3, -0.25) is 10.2 Å². The van der Waals surface area contributed by atoms with E-state index < -0.39 is 6.04 Å². The number of rotatable bonds is 3. The minimum atomic E-state index is -0.448. The van der Waals surface area contributed by atoms with Gasteiger partial charge in [0.2, 0.25) is 0 Å². The van der Waals surface area contributed by atoms with E-state index in [1.54, 1.807) is 35.4 Å². The number of aromatic hydroxyl groups is 1. The van der Waals surface area contributed by atoms with Crippen molar-refractivity contribution in [3.8, 4) is 11.5 Å². The number of methoxy groups -OCH3 is 1. The third-order valence-corrected chi connectivity index (χ3v) is 6.21. The minimum absolute atomic E-state index is 0.0270. The van der Waals surface area contributed by atoms with Crippen molar-refractivity contribution in [2.75, 3.05) is 12.0 Å². The number of nitrogens with one attached hydrogen (secondary N) is 1. The maximum Gasteiger partial charge on any atom is 0.328 e. The van der Waals surface area contributed by atoms with Crippen LogP contribution >= 0.6 is 11.6 Å². The van der Waals surface area contributed by atoms with Gasteiger partial charge in [0.25, 0.3) is 0 Å². The van der Waals surface area contributed by atoms with Gasteiger partial charge in [-0.2, -0.15) is 5.10 Å². The Hall–Kier alpha value is -3.52. The first-order chi connectivity index (χ1) is 15.7. The zero-order valence-corrected chi connectivity index (χ0v) is 19.5. The lowest BCUT2D eigenvalue weighted by atomic mass is 9.83. The number of urea groups is 1. The van der Waals surface area contributed by atoms with E-state index in [-0.39, 0.29) is 23.2 Å². The van der Waals surface area contributed by atoms with Crippen LogP contribution in [-0.4, -0.2) is 39.9 Å². The highest BCUT2D eigenvalue weighted by Gasteiger charge is 2.48. The number of anilines is 1. The van der Waals surface area contributed by atoms with Gasteiger partial charge in [-0.25, -0.2) is 14.5 Å². The van der Waals surface area contributed by atoms with Crippen LogP contribution in [0.25, 0.3) is 0 Å². The molecule has 0 spiro atoms. The van der Waals surface area contributed by atoms with Crippen molar-refractivity contribution in [3.63, 3.8) is 0 Å². The van der Waals surface area contributed by atoms with E-state index in [9.17, 15) is 9.90 Å². The van der Waals surface area contributed by atoms with Crippen LogP contribution in [0.3, 0.4) is 0 Å². The first-order valence-corrected chi connectivity index (χ1v) is 11.0. The van der Waals surface area contributed by atoms with Crippen molar-refractivity contribution in [2.24, 2.45) is 4.99 Å². The van der Waals surface area contributed by atoms with E-state index in [2.05, 4.69) is 10.4 Å². The van der Waals surface area contributed by atoms with Crippen LogP contribution < -0.4 is 15.0 Å². The molecule has 0 bridgehead atoms. The van der Waals surface area contributed by atoms with Gasteiger partial charge in [0.1, 0.15) is 11.9 Å². The number of ether oxygens (including phenoxy) is 1. The van der Waals surface area contributed by atoms with Crippen LogP contribution in [-0.2, 0) is 5.54 Å². The van der Waals surface area contributed by atoms with Gasteiger partial charge in [0, 0.05) is 22.2 Å². The third-order valence-electron chi connectivity index (χ3n) is 5.96. The smallest absolute Gasteiger partial charge is 0.328 e. The van der Waals surface area contributed by atoms with Gasteiger partial charge < -0.3 is 9.84 Å². The molecular weight excluding hydrogens is 442 g/mol. The van der Waals surface area contributed by atoms with Crippen molar-refractivity contribution in [1.29, 1.82) is 0 Å². The molecule has 170 valence electrons. The number of phenols is 1. The highest BCUT2D eigenvalue weighted by molar-refractivity contribution is 6.30. The predicted molar refractivity (Wildman–Crippen MR) is 127 cm³/mol. The zero-order chi connectivity index (χ0) is 23.5. The summed E-state index contributed by atoms with van der Waals surface area (Å²) in [6.07, 6.45) is 1.80. The molecule has 2 aliphatic heterocycles. The number of carbonyl (C=O) groups is 1. The van der Waals surface area contributed by atoms with E-state index in [0.717, 1.165) is 11.1 Å². The van der Waals surface area contributed by atoms with E-state index >= 15 is 0 Å². The average molecular weight is 466 g/mol. The molecule has 1 fully saturated rings. The molecule has 0 saturated carbocycles. The van der Waals surface area contributed by atoms with E-state index in [1.165, 1.54) is 7.11 Å². The van der Waals surface area contributed by atoms with Crippen LogP contribution in [0, 0.1) is 0 Å². The first kappa shape index (κ1) is 21.3. The molecular formula is C24H24ClN5O3. The number of benzene rings is 2. The fourth-order valence-electron chi connectivity index (χ4n) is 4.50. The summed E-state index contributed by atoms with van der Waals surface area (Å²) in [6.45, 7) is 6.15. The number of aromatic nitrogens is 2. The molecule has 2 atom stereocenters. The highest BCUT2D eigenvalue weighted by atomic mass is 35.5. The molecule has 9 heteroatoms. The summed E-state index contributed by atoms with van der Waals surface area (Å²) < 4.78 is 7.09. The molecule has 0 unspecified atom stereocenters. The fraction of sp³-hybridized carbons (Fsp3) is 0.292. The zero-order valence-electron chi connectivity index (χ0n) is 18.7. The Kier molecular flexibility index (Phi) is 4.86. The van der Waals surface area contributed by atoms with E-state index in [1.807, 2.05) is 43.7 Å². The van der Waals surface area contributed by atoms with Gasteiger partial charge >= 0.3 is 6.03 Å². The van der Waals surface area contributed by atoms with Crippen LogP contribution in [0.15, 0.2) is 53.7 Å². The average Bonchev–Trinajstić information content (AvgIpc) is 3.33. The van der Waals surface area contributed by atoms with Crippen molar-refractivity contribution >= 4 is 35.0 Å². The molecule has 3 aromatic rings. The largest absolute Gasteiger partial charge is 0.504 e. The lowest BCUT2D eigenvalue weighted by Gasteiger charge is -2.33. The van der Waals surface area contributed by atoms with Gasteiger partial charge in [0.05, 0.1) is 18.8 Å². The number of amides is 2. The summed E-state index contributed by atoms with van der Waals surface area (Å²) in [5, 5.41) is 18.7. The topological polar surface area (TPSA) is 92.0 Å². The number of nitrogens with zero attached hydrogens (tertiary/aromatic N) is 4. The Morgan fingerprint density at radius 1 is 1.15 bits per heavy atom. The maximum absolute atomic E-state index is 13.1. The summed E-state index contributed by atoms with van der Waals surface area (Å²) >= 11 is 6.08. The van der Waals surface area contributed by atoms with Crippen LogP contribution in [0.5, 0.6) is 11.5 Å². The standard InChI is InChI=1S/C24H24ClN5O3/c1-24(2,3)30-22-16(12-26-30)19(13-5-10-18(33-4)17(31)11-13)20-21(27-22)28-23(32)29(20)15-8-6-14(25)7-9-15/h5-12,19-20,31H,1-4H3,(H,27,28,32)/t19-,20+/m0/s1. The monoisotopic (exact) mass is 465 g/mol. The number of hydrogen-bond acceptors (Lipinski definition) is 5. The fourth-order valence-corrected chi connectivity index (χ4v) is 4.62. The number of phenolic OH excluding ortho intramolecular Hbond substituents is 1. The molecule has 3 heterocycles. The molecule has 2 N–H and O–H groups in total. The highest BCUT2D eigenvalue weighted by Crippen LogP contribution is 2.46. The van der Waals surface area contributed by atoms with Crippen molar-refractivity contribution in [1.82, 2.24) is 15.1 Å². The molecule has 0 radical (unpaired) electrons. The van der Waals surface area contributed by atoms with Crippen LogP contribution in [0.4, 0.5) is 16.3 Å². The summed E-state index contributed by atoms with van der Waals surface area (Å²) in [5.74, 6) is 1.31. The Labute approximate surface area is 196 Å². The van der Waals surface area contributed by atoms with Gasteiger partial charge in [-0.1, -0.05) is 17.7 Å². The molecule has 2 aliphatic rings. The molecule has 1 saturated heterocycles. The van der Waals surface area contributed by atoms with Gasteiger partial charge in [-0.15, -0.1) is 0 Å². The Bertz CT molecular complexity index is 1280. The summed E-state index contributed by atoms with van der Waals surface area (Å²) in [4.78, 5) is 19.7. The maximum atomic E-state index is 13.1. The van der Waals surface area contributed by atoms with Crippen molar-refractivity contribution in [3.05, 3.63) is 64.8 Å². The van der Waals surface area contributed by atoms with E-state index in [4.69, 9.17) is 21.3 Å². The summed E-state index contributed by atoms with van der Waals surface area (Å²) in [7, 11) is 1.51. The van der Waals surface area contributed by atoms with Gasteiger partial charge in [0.15, 0.2) is 17.3 Å². The normalized spacial score (nSPS) is 19.6. The molecule has 5 rings (SSSR count). The number of hydrogen-bond donors (Lipinski definition) is 2. The van der Waals surface area contributed by atoms with Crippen LogP contribution in [0.1, 0.15) is 37.8 Å². The number of fused-ring (bicyclic) bond motifs is 2. The second-order valence-electron chi connectivity index (χ2n) is 9.13. The first-order valence-electron chi connectivity index (χ1n) is 10.6. The molecule has 2 amide bonds. The van der Waals surface area contributed by atoms with Crippen molar-refractivity contribution < 1.29 is 14.6 Å².